The average Bonchev–Trinajstić information content (AvgIpc) is 3.29. The lowest BCUT2D eigenvalue weighted by Gasteiger charge is -2.27. The maximum absolute atomic E-state index is 12.9. The highest BCUT2D eigenvalue weighted by atomic mass is 16.2. The van der Waals surface area contributed by atoms with Crippen molar-refractivity contribution < 1.29 is 4.79 Å². The number of hydrogen-bond acceptors (Lipinski definition) is 2. The van der Waals surface area contributed by atoms with Crippen LogP contribution in [0.2, 0.25) is 0 Å². The lowest BCUT2D eigenvalue weighted by Crippen LogP contribution is -2.39. The Hall–Kier alpha value is -2.10. The largest absolute Gasteiger partial charge is 0.342 e. The number of allylic oxidation sites excluding steroid dienone is 2. The minimum Gasteiger partial charge on any atom is -0.342 e. The summed E-state index contributed by atoms with van der Waals surface area (Å²) in [5.41, 5.74) is 3.31. The van der Waals surface area contributed by atoms with E-state index in [1.165, 1.54) is 12.0 Å². The predicted octanol–water partition coefficient (Wildman–Crippen LogP) is 3.47. The summed E-state index contributed by atoms with van der Waals surface area (Å²) in [6, 6.07) is 6.25. The molecule has 1 heterocycles. The van der Waals surface area contributed by atoms with Crippen molar-refractivity contribution in [1.29, 1.82) is 0 Å². The van der Waals surface area contributed by atoms with Crippen LogP contribution in [0.1, 0.15) is 31.2 Å². The predicted molar refractivity (Wildman–Crippen MR) is 95.6 cm³/mol. The molecule has 4 rings (SSSR count). The Morgan fingerprint density at radius 3 is 2.92 bits per heavy atom. The van der Waals surface area contributed by atoms with Crippen LogP contribution in [0.3, 0.4) is 0 Å². The van der Waals surface area contributed by atoms with Gasteiger partial charge in [0.2, 0.25) is 5.91 Å². The van der Waals surface area contributed by atoms with E-state index in [0.29, 0.717) is 17.7 Å². The molecule has 2 aliphatic rings. The van der Waals surface area contributed by atoms with Crippen LogP contribution < -0.4 is 0 Å². The second-order valence-electron chi connectivity index (χ2n) is 7.26. The molecular weight excluding hydrogens is 298 g/mol. The van der Waals surface area contributed by atoms with Crippen LogP contribution in [-0.2, 0) is 11.2 Å². The number of fused-ring (bicyclic) bond motifs is 3. The normalized spacial score (nSPS) is 24.8. The quantitative estimate of drug-likeness (QED) is 0.857. The van der Waals surface area contributed by atoms with E-state index in [2.05, 4.69) is 54.2 Å². The van der Waals surface area contributed by atoms with E-state index in [1.807, 2.05) is 4.90 Å². The number of aromatic amines is 1. The Bertz CT molecular complexity index is 791. The van der Waals surface area contributed by atoms with E-state index in [-0.39, 0.29) is 5.92 Å². The summed E-state index contributed by atoms with van der Waals surface area (Å²) in [6.45, 7) is 5.67. The van der Waals surface area contributed by atoms with Gasteiger partial charge in [0.1, 0.15) is 5.82 Å². The average molecular weight is 323 g/mol. The third-order valence-electron chi connectivity index (χ3n) is 5.59. The number of hydrogen-bond donors (Lipinski definition) is 1. The van der Waals surface area contributed by atoms with Crippen LogP contribution in [0.4, 0.5) is 0 Å². The van der Waals surface area contributed by atoms with Crippen molar-refractivity contribution >= 4 is 16.9 Å². The molecular formula is C20H25N3O. The van der Waals surface area contributed by atoms with Crippen LogP contribution in [-0.4, -0.2) is 33.9 Å². The fourth-order valence-corrected chi connectivity index (χ4v) is 4.26. The number of amides is 1. The number of carbonyl (C=O) groups excluding carboxylic acids is 1. The van der Waals surface area contributed by atoms with Crippen molar-refractivity contribution in [2.45, 2.75) is 33.1 Å². The Labute approximate surface area is 143 Å². The second-order valence-corrected chi connectivity index (χ2v) is 7.26. The number of rotatable bonds is 5. The lowest BCUT2D eigenvalue weighted by atomic mass is 9.92. The maximum Gasteiger partial charge on any atom is 0.226 e. The molecule has 1 aromatic heterocycles. The Morgan fingerprint density at radius 2 is 2.21 bits per heavy atom. The molecule has 1 saturated carbocycles. The minimum absolute atomic E-state index is 0.207. The van der Waals surface area contributed by atoms with Gasteiger partial charge in [-0.3, -0.25) is 4.79 Å². The zero-order valence-electron chi connectivity index (χ0n) is 14.5. The number of nitrogens with one attached hydrogen (secondary N) is 1. The van der Waals surface area contributed by atoms with Crippen molar-refractivity contribution in [3.05, 3.63) is 41.7 Å². The summed E-state index contributed by atoms with van der Waals surface area (Å²) in [5, 5.41) is 0. The standard InChI is InChI=1S/C20H25N3O/c1-3-23(20(24)16-12-14-5-6-15(16)11-14)9-8-19-21-17-7-4-13(2)10-18(17)22-19/h4-7,10,14-16H,3,8-9,11-12H2,1-2H3,(H,21,22)/t14-,15+,16-/m1/s1. The topological polar surface area (TPSA) is 49.0 Å². The van der Waals surface area contributed by atoms with Crippen LogP contribution in [0.25, 0.3) is 11.0 Å². The lowest BCUT2D eigenvalue weighted by molar-refractivity contribution is -0.136. The first kappa shape index (κ1) is 15.4. The molecule has 0 aliphatic heterocycles. The SMILES string of the molecule is CCN(CCc1nc2ccc(C)cc2[nH]1)C(=O)[C@@H]1C[C@@H]2C=C[C@H]1C2. The zero-order valence-corrected chi connectivity index (χ0v) is 14.5. The van der Waals surface area contributed by atoms with Gasteiger partial charge in [0.25, 0.3) is 0 Å². The van der Waals surface area contributed by atoms with E-state index in [9.17, 15) is 4.79 Å². The molecule has 0 spiro atoms. The Kier molecular flexibility index (Phi) is 3.91. The van der Waals surface area contributed by atoms with Crippen molar-refractivity contribution in [1.82, 2.24) is 14.9 Å². The van der Waals surface area contributed by atoms with E-state index in [4.69, 9.17) is 0 Å². The van der Waals surface area contributed by atoms with Crippen LogP contribution in [0.5, 0.6) is 0 Å². The Balaban J connectivity index is 1.42. The van der Waals surface area contributed by atoms with Gasteiger partial charge in [-0.15, -0.1) is 0 Å². The van der Waals surface area contributed by atoms with Crippen LogP contribution in [0, 0.1) is 24.7 Å². The highest BCUT2D eigenvalue weighted by molar-refractivity contribution is 5.80. The fourth-order valence-electron chi connectivity index (χ4n) is 4.26. The fraction of sp³-hybridized carbons (Fsp3) is 0.500. The van der Waals surface area contributed by atoms with E-state index < -0.39 is 0 Å². The molecule has 1 fully saturated rings. The number of likely N-dealkylation sites (N-methyl/N-ethyl adjacent to an activating group) is 1. The molecule has 1 aromatic carbocycles. The molecule has 2 bridgehead atoms. The molecule has 4 nitrogen and oxygen atoms in total. The highest BCUT2D eigenvalue weighted by Crippen LogP contribution is 2.44. The number of benzene rings is 1. The number of imidazole rings is 1. The summed E-state index contributed by atoms with van der Waals surface area (Å²) in [6.07, 6.45) is 7.55. The van der Waals surface area contributed by atoms with Crippen molar-refractivity contribution in [2.24, 2.45) is 17.8 Å². The molecule has 0 saturated heterocycles. The summed E-state index contributed by atoms with van der Waals surface area (Å²) in [7, 11) is 0. The van der Waals surface area contributed by atoms with Crippen molar-refractivity contribution in [3.63, 3.8) is 0 Å². The van der Waals surface area contributed by atoms with E-state index in [0.717, 1.165) is 42.8 Å². The summed E-state index contributed by atoms with van der Waals surface area (Å²) >= 11 is 0. The summed E-state index contributed by atoms with van der Waals surface area (Å²) < 4.78 is 0. The van der Waals surface area contributed by atoms with Gasteiger partial charge in [-0.1, -0.05) is 18.2 Å². The number of H-pyrrole nitrogens is 1. The van der Waals surface area contributed by atoms with Gasteiger partial charge in [-0.2, -0.15) is 0 Å². The molecule has 3 atom stereocenters. The van der Waals surface area contributed by atoms with Crippen molar-refractivity contribution in [3.8, 4) is 0 Å². The van der Waals surface area contributed by atoms with Gasteiger partial charge >= 0.3 is 0 Å². The van der Waals surface area contributed by atoms with Crippen LogP contribution in [0.15, 0.2) is 30.4 Å². The first-order valence-corrected chi connectivity index (χ1v) is 9.06. The molecule has 2 aromatic rings. The smallest absolute Gasteiger partial charge is 0.226 e. The van der Waals surface area contributed by atoms with Gasteiger partial charge in [0.05, 0.1) is 11.0 Å². The molecule has 126 valence electrons. The minimum atomic E-state index is 0.207. The molecule has 4 heteroatoms. The number of carbonyl (C=O) groups is 1. The molecule has 1 amide bonds. The maximum atomic E-state index is 12.9. The molecule has 2 aliphatic carbocycles. The van der Waals surface area contributed by atoms with E-state index in [1.54, 1.807) is 0 Å². The number of nitrogens with zero attached hydrogens (tertiary/aromatic N) is 2. The Morgan fingerprint density at radius 1 is 1.33 bits per heavy atom. The summed E-state index contributed by atoms with van der Waals surface area (Å²) in [5.74, 6) is 2.63. The third kappa shape index (κ3) is 2.74. The summed E-state index contributed by atoms with van der Waals surface area (Å²) in [4.78, 5) is 22.9. The number of aryl methyl sites for hydroxylation is 1. The van der Waals surface area contributed by atoms with Gasteiger partial charge < -0.3 is 9.88 Å². The van der Waals surface area contributed by atoms with Gasteiger partial charge in [0.15, 0.2) is 0 Å². The van der Waals surface area contributed by atoms with Crippen molar-refractivity contribution in [2.75, 3.05) is 13.1 Å². The molecule has 24 heavy (non-hydrogen) atoms. The molecule has 1 N–H and O–H groups in total. The van der Waals surface area contributed by atoms with E-state index >= 15 is 0 Å². The monoisotopic (exact) mass is 323 g/mol. The highest BCUT2D eigenvalue weighted by Gasteiger charge is 2.41. The number of aromatic nitrogens is 2. The van der Waals surface area contributed by atoms with Crippen LogP contribution >= 0.6 is 0 Å². The molecule has 0 unspecified atom stereocenters. The second kappa shape index (κ2) is 6.08. The first-order valence-electron chi connectivity index (χ1n) is 9.06. The van der Waals surface area contributed by atoms with Gasteiger partial charge in [0, 0.05) is 25.4 Å². The molecule has 0 radical (unpaired) electrons. The van der Waals surface area contributed by atoms with Gasteiger partial charge in [-0.05, 0) is 56.2 Å². The van der Waals surface area contributed by atoms with Gasteiger partial charge in [-0.25, -0.2) is 4.98 Å². The third-order valence-corrected chi connectivity index (χ3v) is 5.59. The zero-order chi connectivity index (χ0) is 16.7. The first-order chi connectivity index (χ1) is 11.6.